The van der Waals surface area contributed by atoms with Crippen molar-refractivity contribution >= 4 is 34.8 Å². The van der Waals surface area contributed by atoms with Gasteiger partial charge in [-0.1, -0.05) is 78.9 Å². The van der Waals surface area contributed by atoms with Crippen molar-refractivity contribution in [2.24, 2.45) is 11.8 Å². The minimum absolute atomic E-state index is 0.00700. The third-order valence-electron chi connectivity index (χ3n) is 7.19. The van der Waals surface area contributed by atoms with E-state index in [0.717, 1.165) is 39.5 Å². The van der Waals surface area contributed by atoms with Crippen LogP contribution in [0.5, 0.6) is 0 Å². The standard InChI is InChI=1S/C31H29N4O2P/c36-31(32-21-29-33-27-18-10-11-19-28(27)34-29)26-20-25(26)30(22-12-4-1-5-13-22)35-38(37,23-14-6-2-7-15-23)24-16-8-3-9-17-24/h1-19,25-26,30H,20-21H2,(H,32,36)(H,33,34)(H,35,37)/t25-,26-,30+/m0/s1. The Hall–Kier alpha value is -3.99. The van der Waals surface area contributed by atoms with Crippen molar-refractivity contribution in [3.05, 3.63) is 127 Å². The van der Waals surface area contributed by atoms with Gasteiger partial charge in [-0.15, -0.1) is 0 Å². The molecule has 1 aliphatic rings. The molecule has 1 aliphatic carbocycles. The molecule has 3 N–H and O–H groups in total. The lowest BCUT2D eigenvalue weighted by Gasteiger charge is -2.28. The molecule has 6 rings (SSSR count). The second-order valence-electron chi connectivity index (χ2n) is 9.72. The first-order valence-corrected chi connectivity index (χ1v) is 14.6. The van der Waals surface area contributed by atoms with Gasteiger partial charge in [0, 0.05) is 22.6 Å². The molecule has 6 nitrogen and oxygen atoms in total. The van der Waals surface area contributed by atoms with E-state index in [1.54, 1.807) is 0 Å². The second kappa shape index (κ2) is 10.4. The molecule has 190 valence electrons. The highest BCUT2D eigenvalue weighted by Gasteiger charge is 2.50. The number of imidazole rings is 1. The van der Waals surface area contributed by atoms with Gasteiger partial charge in [0.05, 0.1) is 17.6 Å². The fraction of sp³-hybridized carbons (Fsp3) is 0.161. The molecule has 1 fully saturated rings. The number of benzene rings is 4. The normalized spacial score (nSPS) is 17.7. The monoisotopic (exact) mass is 520 g/mol. The van der Waals surface area contributed by atoms with Gasteiger partial charge in [0.1, 0.15) is 5.82 Å². The van der Waals surface area contributed by atoms with E-state index in [1.807, 2.05) is 115 Å². The summed E-state index contributed by atoms with van der Waals surface area (Å²) in [6, 6.07) is 36.7. The van der Waals surface area contributed by atoms with Crippen molar-refractivity contribution in [3.8, 4) is 0 Å². The van der Waals surface area contributed by atoms with Crippen molar-refractivity contribution in [3.63, 3.8) is 0 Å². The molecule has 0 unspecified atom stereocenters. The maximum absolute atomic E-state index is 14.8. The molecule has 0 spiro atoms. The van der Waals surface area contributed by atoms with Crippen LogP contribution in [-0.2, 0) is 15.9 Å². The number of carbonyl (C=O) groups is 1. The van der Waals surface area contributed by atoms with Crippen LogP contribution in [0.2, 0.25) is 0 Å². The van der Waals surface area contributed by atoms with Gasteiger partial charge in [0.15, 0.2) is 0 Å². The first-order chi connectivity index (χ1) is 18.6. The largest absolute Gasteiger partial charge is 0.349 e. The number of carbonyl (C=O) groups excluding carboxylic acids is 1. The third-order valence-corrected chi connectivity index (χ3v) is 9.88. The van der Waals surface area contributed by atoms with E-state index in [1.165, 1.54) is 0 Å². The molecule has 5 aromatic rings. The van der Waals surface area contributed by atoms with E-state index < -0.39 is 7.29 Å². The van der Waals surface area contributed by atoms with Gasteiger partial charge in [-0.05, 0) is 54.3 Å². The van der Waals surface area contributed by atoms with Crippen LogP contribution in [0.1, 0.15) is 23.9 Å². The number of aromatic nitrogens is 2. The molecule has 1 amide bonds. The van der Waals surface area contributed by atoms with Gasteiger partial charge in [-0.2, -0.15) is 0 Å². The Morgan fingerprint density at radius 3 is 2.05 bits per heavy atom. The SMILES string of the molecule is O=C(NCc1nc2ccccc2[nH]1)[C@H]1C[C@@H]1[C@H](NP(=O)(c1ccccc1)c1ccccc1)c1ccccc1. The molecule has 1 aromatic heterocycles. The molecule has 3 atom stereocenters. The van der Waals surface area contributed by atoms with Crippen molar-refractivity contribution in [1.82, 2.24) is 20.4 Å². The number of nitrogens with zero attached hydrogens (tertiary/aromatic N) is 1. The molecule has 0 saturated heterocycles. The third kappa shape index (κ3) is 4.93. The number of nitrogens with one attached hydrogen (secondary N) is 3. The Bertz CT molecular complexity index is 1510. The smallest absolute Gasteiger partial charge is 0.223 e. The second-order valence-corrected chi connectivity index (χ2v) is 12.2. The zero-order chi connectivity index (χ0) is 26.0. The number of amides is 1. The Labute approximate surface area is 222 Å². The molecule has 1 heterocycles. The number of hydrogen-bond acceptors (Lipinski definition) is 3. The van der Waals surface area contributed by atoms with Crippen molar-refractivity contribution < 1.29 is 9.36 Å². The molecule has 1 saturated carbocycles. The number of hydrogen-bond donors (Lipinski definition) is 3. The quantitative estimate of drug-likeness (QED) is 0.237. The lowest BCUT2D eigenvalue weighted by molar-refractivity contribution is -0.122. The van der Waals surface area contributed by atoms with Crippen LogP contribution in [-0.4, -0.2) is 15.9 Å². The Morgan fingerprint density at radius 2 is 1.42 bits per heavy atom. The Balaban J connectivity index is 1.24. The van der Waals surface area contributed by atoms with Gasteiger partial charge in [-0.3, -0.25) is 14.4 Å². The van der Waals surface area contributed by atoms with E-state index in [-0.39, 0.29) is 23.8 Å². The first-order valence-electron chi connectivity index (χ1n) is 12.9. The molecule has 38 heavy (non-hydrogen) atoms. The maximum Gasteiger partial charge on any atom is 0.223 e. The van der Waals surface area contributed by atoms with Gasteiger partial charge in [-0.25, -0.2) is 4.98 Å². The summed E-state index contributed by atoms with van der Waals surface area (Å²) >= 11 is 0. The van der Waals surface area contributed by atoms with Gasteiger partial charge in [0.2, 0.25) is 13.2 Å². The number of rotatable bonds is 9. The molecule has 7 heteroatoms. The van der Waals surface area contributed by atoms with E-state index in [0.29, 0.717) is 6.54 Å². The molecule has 4 aromatic carbocycles. The lowest BCUT2D eigenvalue weighted by atomic mass is 10.0. The van der Waals surface area contributed by atoms with Crippen LogP contribution >= 0.6 is 7.29 Å². The predicted molar refractivity (Wildman–Crippen MR) is 152 cm³/mol. The predicted octanol–water partition coefficient (Wildman–Crippen LogP) is 5.08. The molecular weight excluding hydrogens is 491 g/mol. The highest BCUT2D eigenvalue weighted by atomic mass is 31.2. The average molecular weight is 521 g/mol. The zero-order valence-corrected chi connectivity index (χ0v) is 21.7. The minimum atomic E-state index is -3.19. The van der Waals surface area contributed by atoms with Crippen molar-refractivity contribution in [2.45, 2.75) is 19.0 Å². The summed E-state index contributed by atoms with van der Waals surface area (Å²) in [6.45, 7) is 0.340. The maximum atomic E-state index is 14.8. The van der Waals surface area contributed by atoms with E-state index in [4.69, 9.17) is 0 Å². The highest BCUT2D eigenvalue weighted by molar-refractivity contribution is 7.76. The molecule has 0 radical (unpaired) electrons. The topological polar surface area (TPSA) is 86.9 Å². The summed E-state index contributed by atoms with van der Waals surface area (Å²) in [4.78, 5) is 21.0. The van der Waals surface area contributed by atoms with Crippen LogP contribution in [0.15, 0.2) is 115 Å². The van der Waals surface area contributed by atoms with E-state index in [9.17, 15) is 9.36 Å². The number of H-pyrrole nitrogens is 1. The number of fused-ring (bicyclic) bond motifs is 1. The van der Waals surface area contributed by atoms with Gasteiger partial charge < -0.3 is 10.3 Å². The molecular formula is C31H29N4O2P. The van der Waals surface area contributed by atoms with E-state index >= 15 is 0 Å². The number of aromatic amines is 1. The van der Waals surface area contributed by atoms with Crippen LogP contribution in [0.25, 0.3) is 11.0 Å². The summed E-state index contributed by atoms with van der Waals surface area (Å²) in [5.74, 6) is 0.575. The van der Waals surface area contributed by atoms with Crippen LogP contribution in [0, 0.1) is 11.8 Å². The summed E-state index contributed by atoms with van der Waals surface area (Å²) < 4.78 is 14.8. The molecule has 0 aliphatic heterocycles. The van der Waals surface area contributed by atoms with E-state index in [2.05, 4.69) is 20.4 Å². The van der Waals surface area contributed by atoms with Crippen LogP contribution in [0.3, 0.4) is 0 Å². The minimum Gasteiger partial charge on any atom is -0.349 e. The summed E-state index contributed by atoms with van der Waals surface area (Å²) in [6.07, 6.45) is 0.724. The van der Waals surface area contributed by atoms with Crippen LogP contribution < -0.4 is 21.0 Å². The average Bonchev–Trinajstić information content (AvgIpc) is 3.66. The molecule has 0 bridgehead atoms. The first kappa shape index (κ1) is 24.4. The number of para-hydroxylation sites is 2. The van der Waals surface area contributed by atoms with Crippen molar-refractivity contribution in [1.29, 1.82) is 0 Å². The highest BCUT2D eigenvalue weighted by Crippen LogP contribution is 2.52. The fourth-order valence-electron chi connectivity index (χ4n) is 5.12. The van der Waals surface area contributed by atoms with Crippen molar-refractivity contribution in [2.75, 3.05) is 0 Å². The van der Waals surface area contributed by atoms with Gasteiger partial charge in [0.25, 0.3) is 0 Å². The lowest BCUT2D eigenvalue weighted by Crippen LogP contribution is -2.33. The fourth-order valence-corrected chi connectivity index (χ4v) is 7.64. The summed E-state index contributed by atoms with van der Waals surface area (Å²) in [5, 5.41) is 8.13. The Kier molecular flexibility index (Phi) is 6.67. The Morgan fingerprint density at radius 1 is 0.842 bits per heavy atom. The van der Waals surface area contributed by atoms with Crippen LogP contribution in [0.4, 0.5) is 0 Å². The summed E-state index contributed by atoms with van der Waals surface area (Å²) in [5.41, 5.74) is 2.86. The zero-order valence-electron chi connectivity index (χ0n) is 20.8. The summed E-state index contributed by atoms with van der Waals surface area (Å²) in [7, 11) is -3.19. The van der Waals surface area contributed by atoms with Gasteiger partial charge >= 0.3 is 0 Å².